The Balaban J connectivity index is 1.63. The molecular formula is C18H29N3O2. The predicted molar refractivity (Wildman–Crippen MR) is 90.0 cm³/mol. The second kappa shape index (κ2) is 6.65. The lowest BCUT2D eigenvalue weighted by atomic mass is 9.71. The molecule has 1 amide bonds. The van der Waals surface area contributed by atoms with Gasteiger partial charge in [-0.2, -0.15) is 0 Å². The highest BCUT2D eigenvalue weighted by Gasteiger charge is 2.48. The number of methoxy groups -OCH3 is 1. The molecule has 0 aromatic carbocycles. The van der Waals surface area contributed by atoms with Crippen molar-refractivity contribution in [2.45, 2.75) is 26.3 Å². The van der Waals surface area contributed by atoms with Crippen LogP contribution in [0.25, 0.3) is 0 Å². The van der Waals surface area contributed by atoms with Gasteiger partial charge in [0.15, 0.2) is 0 Å². The van der Waals surface area contributed by atoms with Gasteiger partial charge in [-0.25, -0.2) is 0 Å². The summed E-state index contributed by atoms with van der Waals surface area (Å²) in [6, 6.07) is 4.31. The Kier molecular flexibility index (Phi) is 4.78. The standard InChI is InChI=1S/C18H29N3O2/c1-15(22)21-11-16(13-23-3)18(14-21)6-9-20(10-7-18)12-17-5-4-8-19(17)2/h4-5,8,16H,6-7,9-14H2,1-3H3. The van der Waals surface area contributed by atoms with Crippen LogP contribution in [0.4, 0.5) is 0 Å². The second-order valence-corrected chi connectivity index (χ2v) is 7.30. The first-order chi connectivity index (χ1) is 11.0. The van der Waals surface area contributed by atoms with Crippen LogP contribution >= 0.6 is 0 Å². The van der Waals surface area contributed by atoms with Crippen molar-refractivity contribution < 1.29 is 9.53 Å². The Bertz CT molecular complexity index is 546. The Morgan fingerprint density at radius 2 is 2.13 bits per heavy atom. The third-order valence-electron chi connectivity index (χ3n) is 5.91. The van der Waals surface area contributed by atoms with Crippen molar-refractivity contribution >= 4 is 5.91 Å². The lowest BCUT2D eigenvalue weighted by molar-refractivity contribution is -0.128. The Morgan fingerprint density at radius 1 is 1.39 bits per heavy atom. The van der Waals surface area contributed by atoms with E-state index >= 15 is 0 Å². The molecule has 1 aromatic rings. The molecule has 1 unspecified atom stereocenters. The molecule has 5 heteroatoms. The van der Waals surface area contributed by atoms with Gasteiger partial charge in [-0.05, 0) is 43.5 Å². The topological polar surface area (TPSA) is 37.7 Å². The zero-order valence-electron chi connectivity index (χ0n) is 14.6. The zero-order chi connectivity index (χ0) is 16.4. The largest absolute Gasteiger partial charge is 0.384 e. The SMILES string of the molecule is COCC1CN(C(C)=O)CC12CCN(Cc1cccn1C)CC2. The molecule has 1 spiro atoms. The van der Waals surface area contributed by atoms with Crippen LogP contribution in [0, 0.1) is 11.3 Å². The normalized spacial score (nSPS) is 24.5. The summed E-state index contributed by atoms with van der Waals surface area (Å²) in [6.07, 6.45) is 4.43. The minimum Gasteiger partial charge on any atom is -0.384 e. The Labute approximate surface area is 139 Å². The molecule has 2 saturated heterocycles. The monoisotopic (exact) mass is 319 g/mol. The third kappa shape index (κ3) is 3.31. The maximum Gasteiger partial charge on any atom is 0.219 e. The van der Waals surface area contributed by atoms with Gasteiger partial charge in [-0.3, -0.25) is 9.69 Å². The van der Waals surface area contributed by atoms with Crippen LogP contribution in [0.2, 0.25) is 0 Å². The summed E-state index contributed by atoms with van der Waals surface area (Å²) in [6.45, 7) is 7.46. The van der Waals surface area contributed by atoms with Gasteiger partial charge in [0.25, 0.3) is 0 Å². The predicted octanol–water partition coefficient (Wildman–Crippen LogP) is 1.73. The third-order valence-corrected chi connectivity index (χ3v) is 5.91. The van der Waals surface area contributed by atoms with Gasteiger partial charge in [0.2, 0.25) is 5.91 Å². The molecule has 5 nitrogen and oxygen atoms in total. The molecule has 0 radical (unpaired) electrons. The van der Waals surface area contributed by atoms with Crippen molar-refractivity contribution in [1.29, 1.82) is 0 Å². The number of rotatable bonds is 4. The Hall–Kier alpha value is -1.33. The maximum atomic E-state index is 11.8. The number of piperidine rings is 1. The van der Waals surface area contributed by atoms with Crippen LogP contribution in [0.1, 0.15) is 25.5 Å². The van der Waals surface area contributed by atoms with E-state index in [-0.39, 0.29) is 11.3 Å². The van der Waals surface area contributed by atoms with Gasteiger partial charge in [-0.15, -0.1) is 0 Å². The van der Waals surface area contributed by atoms with Gasteiger partial charge in [0.1, 0.15) is 0 Å². The van der Waals surface area contributed by atoms with Gasteiger partial charge in [0, 0.05) is 58.5 Å². The highest BCUT2D eigenvalue weighted by molar-refractivity contribution is 5.73. The maximum absolute atomic E-state index is 11.8. The molecule has 1 atom stereocenters. The lowest BCUT2D eigenvalue weighted by Gasteiger charge is -2.42. The van der Waals surface area contributed by atoms with E-state index in [9.17, 15) is 4.79 Å². The molecule has 2 fully saturated rings. The fourth-order valence-corrected chi connectivity index (χ4v) is 4.32. The van der Waals surface area contributed by atoms with Crippen molar-refractivity contribution in [3.63, 3.8) is 0 Å². The summed E-state index contributed by atoms with van der Waals surface area (Å²) in [5.74, 6) is 0.683. The first-order valence-electron chi connectivity index (χ1n) is 8.61. The van der Waals surface area contributed by atoms with Crippen molar-refractivity contribution in [3.05, 3.63) is 24.0 Å². The average Bonchev–Trinajstić information content (AvgIpc) is 3.08. The first-order valence-corrected chi connectivity index (χ1v) is 8.61. The average molecular weight is 319 g/mol. The molecule has 1 aromatic heterocycles. The number of carbonyl (C=O) groups excluding carboxylic acids is 1. The number of aryl methyl sites for hydroxylation is 1. The lowest BCUT2D eigenvalue weighted by Crippen LogP contribution is -2.45. The van der Waals surface area contributed by atoms with Gasteiger partial charge >= 0.3 is 0 Å². The summed E-state index contributed by atoms with van der Waals surface area (Å²) in [4.78, 5) is 16.4. The Morgan fingerprint density at radius 3 is 2.70 bits per heavy atom. The molecule has 23 heavy (non-hydrogen) atoms. The summed E-state index contributed by atoms with van der Waals surface area (Å²) in [5.41, 5.74) is 1.62. The number of amides is 1. The highest BCUT2D eigenvalue weighted by atomic mass is 16.5. The van der Waals surface area contributed by atoms with Crippen molar-refractivity contribution in [1.82, 2.24) is 14.4 Å². The van der Waals surface area contributed by atoms with Crippen molar-refractivity contribution in [3.8, 4) is 0 Å². The molecule has 128 valence electrons. The van der Waals surface area contributed by atoms with Crippen molar-refractivity contribution in [2.75, 3.05) is 39.9 Å². The second-order valence-electron chi connectivity index (χ2n) is 7.30. The van der Waals surface area contributed by atoms with Gasteiger partial charge in [0.05, 0.1) is 6.61 Å². The summed E-state index contributed by atoms with van der Waals surface area (Å²) >= 11 is 0. The quantitative estimate of drug-likeness (QED) is 0.848. The summed E-state index contributed by atoms with van der Waals surface area (Å²) < 4.78 is 7.65. The molecule has 3 heterocycles. The number of carbonyl (C=O) groups is 1. The molecule has 0 aliphatic carbocycles. The molecule has 0 bridgehead atoms. The van der Waals surface area contributed by atoms with E-state index in [1.54, 1.807) is 14.0 Å². The number of aromatic nitrogens is 1. The summed E-state index contributed by atoms with van der Waals surface area (Å²) in [7, 11) is 3.88. The smallest absolute Gasteiger partial charge is 0.219 e. The fourth-order valence-electron chi connectivity index (χ4n) is 4.32. The first kappa shape index (κ1) is 16.5. The molecular weight excluding hydrogens is 290 g/mol. The molecule has 3 rings (SSSR count). The van der Waals surface area contributed by atoms with Crippen LogP contribution in [-0.2, 0) is 23.1 Å². The van der Waals surface area contributed by atoms with Crippen molar-refractivity contribution in [2.24, 2.45) is 18.4 Å². The molecule has 0 N–H and O–H groups in total. The minimum atomic E-state index is 0.203. The summed E-state index contributed by atoms with van der Waals surface area (Å²) in [5, 5.41) is 0. The van der Waals surface area contributed by atoms with E-state index < -0.39 is 0 Å². The fraction of sp³-hybridized carbons (Fsp3) is 0.722. The number of hydrogen-bond donors (Lipinski definition) is 0. The van der Waals surface area contributed by atoms with Gasteiger partial charge < -0.3 is 14.2 Å². The van der Waals surface area contributed by atoms with E-state index in [1.165, 1.54) is 5.69 Å². The number of nitrogens with zero attached hydrogens (tertiary/aromatic N) is 3. The molecule has 0 saturated carbocycles. The highest BCUT2D eigenvalue weighted by Crippen LogP contribution is 2.45. The van der Waals surface area contributed by atoms with E-state index in [2.05, 4.69) is 34.8 Å². The van der Waals surface area contributed by atoms with Crippen LogP contribution in [0.3, 0.4) is 0 Å². The molecule has 2 aliphatic heterocycles. The van der Waals surface area contributed by atoms with E-state index in [1.807, 2.05) is 4.90 Å². The minimum absolute atomic E-state index is 0.203. The van der Waals surface area contributed by atoms with Gasteiger partial charge in [-0.1, -0.05) is 0 Å². The number of hydrogen-bond acceptors (Lipinski definition) is 3. The zero-order valence-corrected chi connectivity index (χ0v) is 14.6. The molecule has 2 aliphatic rings. The number of likely N-dealkylation sites (tertiary alicyclic amines) is 2. The van der Waals surface area contributed by atoms with Crippen LogP contribution in [0.15, 0.2) is 18.3 Å². The van der Waals surface area contributed by atoms with Crippen LogP contribution in [-0.4, -0.2) is 60.2 Å². The van der Waals surface area contributed by atoms with E-state index in [4.69, 9.17) is 4.74 Å². The van der Waals surface area contributed by atoms with Crippen LogP contribution < -0.4 is 0 Å². The van der Waals surface area contributed by atoms with E-state index in [0.29, 0.717) is 5.92 Å². The van der Waals surface area contributed by atoms with E-state index in [0.717, 1.165) is 52.2 Å². The number of ether oxygens (including phenoxy) is 1. The van der Waals surface area contributed by atoms with Crippen LogP contribution in [0.5, 0.6) is 0 Å².